The highest BCUT2D eigenvalue weighted by Crippen LogP contribution is 2.24. The van der Waals surface area contributed by atoms with E-state index in [1.165, 1.54) is 0 Å². The molecule has 0 spiro atoms. The van der Waals surface area contributed by atoms with E-state index in [9.17, 15) is 14.9 Å². The van der Waals surface area contributed by atoms with Gasteiger partial charge in [-0.05, 0) is 38.7 Å². The second kappa shape index (κ2) is 6.67. The van der Waals surface area contributed by atoms with E-state index in [0.29, 0.717) is 5.56 Å². The van der Waals surface area contributed by atoms with Crippen molar-refractivity contribution in [3.05, 3.63) is 39.4 Å². The molecule has 2 N–H and O–H groups in total. The van der Waals surface area contributed by atoms with E-state index in [1.54, 1.807) is 19.1 Å². The summed E-state index contributed by atoms with van der Waals surface area (Å²) in [6.07, 6.45) is 2.79. The normalized spacial score (nSPS) is 20.5. The van der Waals surface area contributed by atoms with Crippen LogP contribution in [0.2, 0.25) is 0 Å². The first kappa shape index (κ1) is 15.4. The minimum Gasteiger partial charge on any atom is -0.355 e. The number of hydrogen-bond acceptors (Lipinski definition) is 4. The maximum absolute atomic E-state index is 11.9. The molecule has 1 fully saturated rings. The zero-order valence-electron chi connectivity index (χ0n) is 12.4. The predicted molar refractivity (Wildman–Crippen MR) is 80.0 cm³/mol. The van der Waals surface area contributed by atoms with Crippen LogP contribution in [0.4, 0.5) is 5.69 Å². The molecular weight excluding hydrogens is 270 g/mol. The quantitative estimate of drug-likeness (QED) is 0.658. The van der Waals surface area contributed by atoms with Crippen LogP contribution < -0.4 is 10.6 Å². The minimum absolute atomic E-state index is 0.0148. The summed E-state index contributed by atoms with van der Waals surface area (Å²) in [4.78, 5) is 22.6. The number of carbonyl (C=O) groups excluding carboxylic acids is 1. The zero-order valence-corrected chi connectivity index (χ0v) is 12.4. The SMILES string of the molecule is Cc1ccc(C(C)NC2CCCCNC2=O)cc1[N+](=O)[O-]. The summed E-state index contributed by atoms with van der Waals surface area (Å²) < 4.78 is 0. The van der Waals surface area contributed by atoms with Gasteiger partial charge in [-0.15, -0.1) is 0 Å². The van der Waals surface area contributed by atoms with Crippen LogP contribution in [0.5, 0.6) is 0 Å². The van der Waals surface area contributed by atoms with Gasteiger partial charge in [0.15, 0.2) is 0 Å². The number of carbonyl (C=O) groups is 1. The Bertz CT molecular complexity index is 545. The van der Waals surface area contributed by atoms with Crippen LogP contribution in [0.25, 0.3) is 0 Å². The molecule has 0 aromatic heterocycles. The number of nitro benzene ring substituents is 1. The molecule has 0 aliphatic carbocycles. The maximum atomic E-state index is 11.9. The van der Waals surface area contributed by atoms with Gasteiger partial charge in [-0.2, -0.15) is 0 Å². The molecule has 1 aliphatic rings. The summed E-state index contributed by atoms with van der Waals surface area (Å²) in [5.41, 5.74) is 1.58. The molecule has 1 aromatic rings. The van der Waals surface area contributed by atoms with Gasteiger partial charge >= 0.3 is 0 Å². The van der Waals surface area contributed by atoms with E-state index < -0.39 is 0 Å². The predicted octanol–water partition coefficient (Wildman–Crippen LogP) is 2.22. The monoisotopic (exact) mass is 291 g/mol. The Hall–Kier alpha value is -1.95. The van der Waals surface area contributed by atoms with Crippen molar-refractivity contribution in [3.63, 3.8) is 0 Å². The molecule has 114 valence electrons. The van der Waals surface area contributed by atoms with E-state index in [2.05, 4.69) is 10.6 Å². The van der Waals surface area contributed by atoms with Gasteiger partial charge in [0, 0.05) is 24.2 Å². The van der Waals surface area contributed by atoms with Crippen molar-refractivity contribution in [2.45, 2.75) is 45.2 Å². The summed E-state index contributed by atoms with van der Waals surface area (Å²) >= 11 is 0. The minimum atomic E-state index is -0.371. The molecule has 1 aromatic carbocycles. The second-order valence-electron chi connectivity index (χ2n) is 5.53. The Morgan fingerprint density at radius 3 is 2.90 bits per heavy atom. The molecule has 1 saturated heterocycles. The first-order valence-electron chi connectivity index (χ1n) is 7.27. The number of nitro groups is 1. The molecular formula is C15H21N3O3. The largest absolute Gasteiger partial charge is 0.355 e. The molecule has 2 unspecified atom stereocenters. The highest BCUT2D eigenvalue weighted by Gasteiger charge is 2.23. The molecule has 21 heavy (non-hydrogen) atoms. The van der Waals surface area contributed by atoms with Crippen molar-refractivity contribution in [3.8, 4) is 0 Å². The van der Waals surface area contributed by atoms with Crippen molar-refractivity contribution in [2.24, 2.45) is 0 Å². The fourth-order valence-electron chi connectivity index (χ4n) is 2.59. The number of aryl methyl sites for hydroxylation is 1. The van der Waals surface area contributed by atoms with Crippen LogP contribution in [0.3, 0.4) is 0 Å². The first-order valence-corrected chi connectivity index (χ1v) is 7.27. The van der Waals surface area contributed by atoms with Gasteiger partial charge < -0.3 is 5.32 Å². The molecule has 2 atom stereocenters. The van der Waals surface area contributed by atoms with Crippen LogP contribution in [-0.2, 0) is 4.79 Å². The zero-order chi connectivity index (χ0) is 15.4. The molecule has 2 rings (SSSR count). The van der Waals surface area contributed by atoms with Crippen LogP contribution in [0, 0.1) is 17.0 Å². The summed E-state index contributed by atoms with van der Waals surface area (Å²) in [5, 5.41) is 17.2. The number of hydrogen-bond donors (Lipinski definition) is 2. The van der Waals surface area contributed by atoms with Crippen molar-refractivity contribution < 1.29 is 9.72 Å². The topological polar surface area (TPSA) is 84.3 Å². The molecule has 1 aliphatic heterocycles. The highest BCUT2D eigenvalue weighted by molar-refractivity contribution is 5.81. The van der Waals surface area contributed by atoms with Crippen molar-refractivity contribution in [1.82, 2.24) is 10.6 Å². The van der Waals surface area contributed by atoms with Gasteiger partial charge in [-0.25, -0.2) is 0 Å². The van der Waals surface area contributed by atoms with Gasteiger partial charge in [-0.3, -0.25) is 20.2 Å². The third-order valence-corrected chi connectivity index (χ3v) is 3.92. The molecule has 6 heteroatoms. The van der Waals surface area contributed by atoms with Gasteiger partial charge in [0.25, 0.3) is 5.69 Å². The van der Waals surface area contributed by atoms with Crippen LogP contribution in [0.1, 0.15) is 43.4 Å². The van der Waals surface area contributed by atoms with Crippen molar-refractivity contribution >= 4 is 11.6 Å². The van der Waals surface area contributed by atoms with E-state index in [-0.39, 0.29) is 28.6 Å². The van der Waals surface area contributed by atoms with Gasteiger partial charge in [-0.1, -0.05) is 12.1 Å². The molecule has 0 radical (unpaired) electrons. The lowest BCUT2D eigenvalue weighted by molar-refractivity contribution is -0.385. The summed E-state index contributed by atoms with van der Waals surface area (Å²) in [7, 11) is 0. The average Bonchev–Trinajstić information content (AvgIpc) is 2.64. The lowest BCUT2D eigenvalue weighted by Gasteiger charge is -2.21. The van der Waals surface area contributed by atoms with E-state index in [4.69, 9.17) is 0 Å². The van der Waals surface area contributed by atoms with Crippen molar-refractivity contribution in [1.29, 1.82) is 0 Å². The van der Waals surface area contributed by atoms with E-state index in [0.717, 1.165) is 31.4 Å². The van der Waals surface area contributed by atoms with Crippen LogP contribution >= 0.6 is 0 Å². The molecule has 0 bridgehead atoms. The first-order chi connectivity index (χ1) is 9.99. The lowest BCUT2D eigenvalue weighted by atomic mass is 10.0. The Morgan fingerprint density at radius 1 is 1.43 bits per heavy atom. The Kier molecular flexibility index (Phi) is 4.90. The third kappa shape index (κ3) is 3.78. The van der Waals surface area contributed by atoms with Gasteiger partial charge in [0.1, 0.15) is 0 Å². The van der Waals surface area contributed by atoms with Crippen LogP contribution in [-0.4, -0.2) is 23.4 Å². The standard InChI is InChI=1S/C15H21N3O3/c1-10-6-7-12(9-14(10)18(20)21)11(2)17-13-5-3-4-8-16-15(13)19/h6-7,9,11,13,17H,3-5,8H2,1-2H3,(H,16,19). The fraction of sp³-hybridized carbons (Fsp3) is 0.533. The number of benzene rings is 1. The smallest absolute Gasteiger partial charge is 0.272 e. The lowest BCUT2D eigenvalue weighted by Crippen LogP contribution is -2.43. The maximum Gasteiger partial charge on any atom is 0.272 e. The molecule has 6 nitrogen and oxygen atoms in total. The fourth-order valence-corrected chi connectivity index (χ4v) is 2.59. The number of nitrogens with zero attached hydrogens (tertiary/aromatic N) is 1. The molecule has 1 amide bonds. The Morgan fingerprint density at radius 2 is 2.19 bits per heavy atom. The van der Waals surface area contributed by atoms with Crippen LogP contribution in [0.15, 0.2) is 18.2 Å². The molecule has 0 saturated carbocycles. The Balaban J connectivity index is 2.12. The van der Waals surface area contributed by atoms with Gasteiger partial charge in [0.2, 0.25) is 5.91 Å². The average molecular weight is 291 g/mol. The summed E-state index contributed by atoms with van der Waals surface area (Å²) in [5.74, 6) is 0.0148. The van der Waals surface area contributed by atoms with E-state index >= 15 is 0 Å². The third-order valence-electron chi connectivity index (χ3n) is 3.92. The van der Waals surface area contributed by atoms with Crippen molar-refractivity contribution in [2.75, 3.05) is 6.54 Å². The second-order valence-corrected chi connectivity index (χ2v) is 5.53. The summed E-state index contributed by atoms with van der Waals surface area (Å²) in [6.45, 7) is 4.37. The van der Waals surface area contributed by atoms with E-state index in [1.807, 2.05) is 13.0 Å². The Labute approximate surface area is 124 Å². The number of rotatable bonds is 4. The number of nitrogens with one attached hydrogen (secondary N) is 2. The highest BCUT2D eigenvalue weighted by atomic mass is 16.6. The van der Waals surface area contributed by atoms with Gasteiger partial charge in [0.05, 0.1) is 11.0 Å². The number of amides is 1. The summed E-state index contributed by atoms with van der Waals surface area (Å²) in [6, 6.07) is 4.86. The molecule has 1 heterocycles.